The number of benzene rings is 1. The van der Waals surface area contributed by atoms with Gasteiger partial charge in [-0.25, -0.2) is 0 Å². The first-order chi connectivity index (χ1) is 7.85. The number of hydrogen-bond donors (Lipinski definition) is 0. The highest BCUT2D eigenvalue weighted by Crippen LogP contribution is 2.32. The predicted octanol–water partition coefficient (Wildman–Crippen LogP) is 4.25. The van der Waals surface area contributed by atoms with Crippen molar-refractivity contribution in [2.45, 2.75) is 31.5 Å². The lowest BCUT2D eigenvalue weighted by Gasteiger charge is -2.25. The number of alkyl halides is 3. The summed E-state index contributed by atoms with van der Waals surface area (Å²) < 4.78 is 37.2. The van der Waals surface area contributed by atoms with Crippen LogP contribution < -0.4 is 0 Å². The Hall–Kier alpha value is -1.68. The Morgan fingerprint density at radius 2 is 1.82 bits per heavy atom. The average Bonchev–Trinajstić information content (AvgIpc) is 2.15. The van der Waals surface area contributed by atoms with Gasteiger partial charge >= 0.3 is 6.18 Å². The van der Waals surface area contributed by atoms with Crippen LogP contribution in [0.1, 0.15) is 18.9 Å². The SMILES string of the molecule is CC(Cc1ccccc1)(CC(F)(F)F)N=[N+]=[N-]. The van der Waals surface area contributed by atoms with Crippen molar-refractivity contribution < 1.29 is 13.2 Å². The summed E-state index contributed by atoms with van der Waals surface area (Å²) >= 11 is 0. The van der Waals surface area contributed by atoms with E-state index >= 15 is 0 Å². The Bertz CT molecular complexity index is 410. The molecule has 0 aliphatic rings. The summed E-state index contributed by atoms with van der Waals surface area (Å²) in [6.07, 6.45) is -5.41. The highest BCUT2D eigenvalue weighted by Gasteiger charge is 2.38. The van der Waals surface area contributed by atoms with Gasteiger partial charge in [0.25, 0.3) is 0 Å². The van der Waals surface area contributed by atoms with Crippen molar-refractivity contribution in [3.63, 3.8) is 0 Å². The van der Waals surface area contributed by atoms with E-state index in [1.165, 1.54) is 6.92 Å². The third-order valence-corrected chi connectivity index (χ3v) is 2.30. The molecule has 0 aliphatic carbocycles. The minimum Gasteiger partial charge on any atom is -0.171 e. The smallest absolute Gasteiger partial charge is 0.171 e. The van der Waals surface area contributed by atoms with E-state index in [4.69, 9.17) is 5.53 Å². The van der Waals surface area contributed by atoms with Gasteiger partial charge in [-0.15, -0.1) is 0 Å². The molecule has 0 heterocycles. The van der Waals surface area contributed by atoms with Crippen LogP contribution in [0, 0.1) is 0 Å². The minimum absolute atomic E-state index is 0.0669. The monoisotopic (exact) mass is 243 g/mol. The summed E-state index contributed by atoms with van der Waals surface area (Å²) in [5.74, 6) is 0. The van der Waals surface area contributed by atoms with Crippen LogP contribution >= 0.6 is 0 Å². The van der Waals surface area contributed by atoms with Gasteiger partial charge < -0.3 is 0 Å². The predicted molar refractivity (Wildman–Crippen MR) is 58.4 cm³/mol. The van der Waals surface area contributed by atoms with Gasteiger partial charge in [-0.05, 0) is 17.5 Å². The van der Waals surface area contributed by atoms with Gasteiger partial charge in [0.1, 0.15) is 0 Å². The maximum absolute atomic E-state index is 12.4. The Kier molecular flexibility index (Phi) is 4.02. The summed E-state index contributed by atoms with van der Waals surface area (Å²) in [4.78, 5) is 2.51. The zero-order chi connectivity index (χ0) is 12.9. The van der Waals surface area contributed by atoms with Gasteiger partial charge in [0, 0.05) is 4.91 Å². The largest absolute Gasteiger partial charge is 0.389 e. The summed E-state index contributed by atoms with van der Waals surface area (Å²) in [7, 11) is 0. The molecular weight excluding hydrogens is 231 g/mol. The molecule has 17 heavy (non-hydrogen) atoms. The molecule has 1 rings (SSSR count). The van der Waals surface area contributed by atoms with Crippen LogP contribution in [-0.2, 0) is 6.42 Å². The fourth-order valence-corrected chi connectivity index (χ4v) is 1.71. The molecular formula is C11H12F3N3. The van der Waals surface area contributed by atoms with E-state index in [-0.39, 0.29) is 6.42 Å². The minimum atomic E-state index is -4.35. The first kappa shape index (κ1) is 13.4. The maximum atomic E-state index is 12.4. The second-order valence-electron chi connectivity index (χ2n) is 4.14. The van der Waals surface area contributed by atoms with Gasteiger partial charge in [-0.1, -0.05) is 42.4 Å². The van der Waals surface area contributed by atoms with Crippen LogP contribution in [0.2, 0.25) is 0 Å². The Morgan fingerprint density at radius 1 is 1.24 bits per heavy atom. The molecule has 92 valence electrons. The quantitative estimate of drug-likeness (QED) is 0.431. The van der Waals surface area contributed by atoms with Gasteiger partial charge in [-0.3, -0.25) is 0 Å². The summed E-state index contributed by atoms with van der Waals surface area (Å²) in [5, 5.41) is 3.30. The molecule has 0 radical (unpaired) electrons. The van der Waals surface area contributed by atoms with Crippen LogP contribution in [0.25, 0.3) is 10.4 Å². The number of halogens is 3. The van der Waals surface area contributed by atoms with E-state index in [1.54, 1.807) is 30.3 Å². The van der Waals surface area contributed by atoms with E-state index in [0.717, 1.165) is 0 Å². The molecule has 0 aliphatic heterocycles. The van der Waals surface area contributed by atoms with Gasteiger partial charge in [0.05, 0.1) is 12.0 Å². The highest BCUT2D eigenvalue weighted by molar-refractivity contribution is 5.17. The normalized spacial score (nSPS) is 14.8. The van der Waals surface area contributed by atoms with E-state index in [9.17, 15) is 13.2 Å². The standard InChI is InChI=1S/C11H12F3N3/c1-10(16-17-15,8-11(12,13)14)7-9-5-3-2-4-6-9/h2-6H,7-8H2,1H3. The topological polar surface area (TPSA) is 48.8 Å². The molecule has 0 N–H and O–H groups in total. The van der Waals surface area contributed by atoms with Crippen molar-refractivity contribution >= 4 is 0 Å². The van der Waals surface area contributed by atoms with Gasteiger partial charge in [-0.2, -0.15) is 13.2 Å². The molecule has 0 spiro atoms. The zero-order valence-electron chi connectivity index (χ0n) is 9.28. The van der Waals surface area contributed by atoms with Crippen LogP contribution in [-0.4, -0.2) is 11.7 Å². The van der Waals surface area contributed by atoms with Crippen molar-refractivity contribution in [1.29, 1.82) is 0 Å². The molecule has 0 saturated carbocycles. The second-order valence-corrected chi connectivity index (χ2v) is 4.14. The van der Waals surface area contributed by atoms with Gasteiger partial charge in [0.15, 0.2) is 0 Å². The summed E-state index contributed by atoms with van der Waals surface area (Å²) in [5.41, 5.74) is 7.60. The Morgan fingerprint density at radius 3 is 2.29 bits per heavy atom. The van der Waals surface area contributed by atoms with Crippen molar-refractivity contribution in [3.8, 4) is 0 Å². The number of nitrogens with zero attached hydrogens (tertiary/aromatic N) is 3. The third kappa shape index (κ3) is 4.78. The van der Waals surface area contributed by atoms with E-state index < -0.39 is 18.1 Å². The molecule has 1 aromatic rings. The molecule has 0 bridgehead atoms. The molecule has 0 saturated heterocycles. The van der Waals surface area contributed by atoms with Crippen LogP contribution in [0.15, 0.2) is 35.4 Å². The molecule has 0 aromatic heterocycles. The highest BCUT2D eigenvalue weighted by atomic mass is 19.4. The lowest BCUT2D eigenvalue weighted by Crippen LogP contribution is -2.31. The molecule has 3 nitrogen and oxygen atoms in total. The lowest BCUT2D eigenvalue weighted by molar-refractivity contribution is -0.145. The Labute approximate surface area is 96.9 Å². The molecule has 1 unspecified atom stereocenters. The van der Waals surface area contributed by atoms with E-state index in [1.807, 2.05) is 0 Å². The van der Waals surface area contributed by atoms with Crippen molar-refractivity contribution in [1.82, 2.24) is 0 Å². The fraction of sp³-hybridized carbons (Fsp3) is 0.455. The summed E-state index contributed by atoms with van der Waals surface area (Å²) in [6, 6.07) is 8.67. The van der Waals surface area contributed by atoms with Crippen molar-refractivity contribution in [2.75, 3.05) is 0 Å². The molecule has 1 aromatic carbocycles. The lowest BCUT2D eigenvalue weighted by atomic mass is 9.90. The van der Waals surface area contributed by atoms with E-state index in [2.05, 4.69) is 10.0 Å². The molecule has 1 atom stereocenters. The maximum Gasteiger partial charge on any atom is 0.389 e. The number of azide groups is 1. The van der Waals surface area contributed by atoms with Crippen molar-refractivity contribution in [3.05, 3.63) is 46.3 Å². The average molecular weight is 243 g/mol. The number of rotatable bonds is 4. The van der Waals surface area contributed by atoms with E-state index in [0.29, 0.717) is 5.56 Å². The molecule has 0 fully saturated rings. The Balaban J connectivity index is 2.89. The van der Waals surface area contributed by atoms with Crippen LogP contribution in [0.3, 0.4) is 0 Å². The van der Waals surface area contributed by atoms with Gasteiger partial charge in [0.2, 0.25) is 0 Å². The van der Waals surface area contributed by atoms with Crippen molar-refractivity contribution in [2.24, 2.45) is 5.11 Å². The molecule has 0 amide bonds. The first-order valence-corrected chi connectivity index (χ1v) is 5.02. The number of hydrogen-bond acceptors (Lipinski definition) is 1. The summed E-state index contributed by atoms with van der Waals surface area (Å²) in [6.45, 7) is 1.31. The second kappa shape index (κ2) is 5.10. The van der Waals surface area contributed by atoms with Crippen LogP contribution in [0.4, 0.5) is 13.2 Å². The van der Waals surface area contributed by atoms with Crippen LogP contribution in [0.5, 0.6) is 0 Å². The first-order valence-electron chi connectivity index (χ1n) is 5.02. The third-order valence-electron chi connectivity index (χ3n) is 2.30. The fourth-order valence-electron chi connectivity index (χ4n) is 1.71. The molecule has 6 heteroatoms. The zero-order valence-corrected chi connectivity index (χ0v) is 9.28.